The van der Waals surface area contributed by atoms with Crippen LogP contribution in [0.15, 0.2) is 24.3 Å². The van der Waals surface area contributed by atoms with Crippen LogP contribution in [0, 0.1) is 6.92 Å². The fourth-order valence-corrected chi connectivity index (χ4v) is 4.52. The summed E-state index contributed by atoms with van der Waals surface area (Å²) >= 11 is 0. The molecule has 7 nitrogen and oxygen atoms in total. The minimum Gasteiger partial charge on any atom is -0.497 e. The molecule has 7 heteroatoms. The van der Waals surface area contributed by atoms with E-state index in [2.05, 4.69) is 32.6 Å². The predicted octanol–water partition coefficient (Wildman–Crippen LogP) is 2.32. The minimum atomic E-state index is 0.237. The normalized spacial score (nSPS) is 24.7. The van der Waals surface area contributed by atoms with Crippen LogP contribution in [0.5, 0.6) is 5.75 Å². The van der Waals surface area contributed by atoms with Crippen LogP contribution in [0.4, 0.5) is 0 Å². The van der Waals surface area contributed by atoms with Gasteiger partial charge in [-0.15, -0.1) is 5.10 Å². The van der Waals surface area contributed by atoms with Crippen LogP contribution < -0.4 is 4.74 Å². The molecule has 0 N–H and O–H groups in total. The second-order valence-electron chi connectivity index (χ2n) is 7.33. The topological polar surface area (TPSA) is 73.1 Å². The van der Waals surface area contributed by atoms with E-state index < -0.39 is 0 Å². The molecule has 0 saturated carbocycles. The summed E-state index contributed by atoms with van der Waals surface area (Å²) in [7, 11) is 1.69. The summed E-state index contributed by atoms with van der Waals surface area (Å²) in [4.78, 5) is 15.0. The Kier molecular flexibility index (Phi) is 4.61. The molecule has 2 aliphatic heterocycles. The third-order valence-electron chi connectivity index (χ3n) is 5.86. The molecule has 4 rings (SSSR count). The van der Waals surface area contributed by atoms with Crippen molar-refractivity contribution in [1.29, 1.82) is 0 Å². The third-order valence-corrected chi connectivity index (χ3v) is 5.86. The van der Waals surface area contributed by atoms with Crippen LogP contribution in [0.3, 0.4) is 0 Å². The molecule has 0 spiro atoms. The molecule has 3 heterocycles. The van der Waals surface area contributed by atoms with Gasteiger partial charge in [-0.1, -0.05) is 12.1 Å². The number of amides is 1. The van der Waals surface area contributed by atoms with Crippen molar-refractivity contribution in [3.05, 3.63) is 35.7 Å². The summed E-state index contributed by atoms with van der Waals surface area (Å²) < 4.78 is 6.95. The molecule has 1 aromatic carbocycles. The van der Waals surface area contributed by atoms with Crippen LogP contribution >= 0.6 is 0 Å². The molecule has 2 saturated heterocycles. The lowest BCUT2D eigenvalue weighted by Gasteiger charge is -2.39. The first-order chi connectivity index (χ1) is 12.7. The Hall–Kier alpha value is -2.44. The monoisotopic (exact) mass is 355 g/mol. The van der Waals surface area contributed by atoms with Gasteiger partial charge in [-0.3, -0.25) is 4.79 Å². The van der Waals surface area contributed by atoms with Gasteiger partial charge in [0, 0.05) is 18.5 Å². The Labute approximate surface area is 153 Å². The lowest BCUT2D eigenvalue weighted by molar-refractivity contribution is -0.136. The van der Waals surface area contributed by atoms with Crippen molar-refractivity contribution in [2.24, 2.45) is 0 Å². The number of hydrogen-bond acceptors (Lipinski definition) is 5. The van der Waals surface area contributed by atoms with Crippen LogP contribution in [0.2, 0.25) is 0 Å². The second-order valence-corrected chi connectivity index (χ2v) is 7.33. The van der Waals surface area contributed by atoms with Crippen LogP contribution in [0.1, 0.15) is 49.4 Å². The summed E-state index contributed by atoms with van der Waals surface area (Å²) in [5.41, 5.74) is 1.36. The van der Waals surface area contributed by atoms with E-state index in [-0.39, 0.29) is 5.91 Å². The molecule has 2 bridgehead atoms. The van der Waals surface area contributed by atoms with Crippen molar-refractivity contribution in [2.45, 2.75) is 63.6 Å². The van der Waals surface area contributed by atoms with E-state index in [9.17, 15) is 4.79 Å². The van der Waals surface area contributed by atoms with Gasteiger partial charge in [-0.05, 0) is 66.6 Å². The van der Waals surface area contributed by atoms with Crippen LogP contribution in [-0.4, -0.2) is 50.2 Å². The molecule has 0 radical (unpaired) electrons. The Morgan fingerprint density at radius 3 is 2.46 bits per heavy atom. The molecule has 2 aromatic rings. The predicted molar refractivity (Wildman–Crippen MR) is 95.8 cm³/mol. The van der Waals surface area contributed by atoms with Gasteiger partial charge in [0.15, 0.2) is 0 Å². The number of rotatable bonds is 5. The first-order valence-electron chi connectivity index (χ1n) is 9.33. The van der Waals surface area contributed by atoms with E-state index in [1.54, 1.807) is 11.8 Å². The van der Waals surface area contributed by atoms with Crippen molar-refractivity contribution < 1.29 is 9.53 Å². The van der Waals surface area contributed by atoms with E-state index >= 15 is 0 Å². The van der Waals surface area contributed by atoms with E-state index in [0.29, 0.717) is 31.0 Å². The molecule has 0 aliphatic carbocycles. The summed E-state index contributed by atoms with van der Waals surface area (Å²) in [6, 6.07) is 9.13. The van der Waals surface area contributed by atoms with Gasteiger partial charge in [0.25, 0.3) is 0 Å². The number of methoxy groups -OCH3 is 1. The number of ether oxygens (including phenoxy) is 1. The van der Waals surface area contributed by atoms with Gasteiger partial charge in [0.05, 0.1) is 13.7 Å². The number of fused-ring (bicyclic) bond motifs is 2. The average Bonchev–Trinajstić information content (AvgIpc) is 3.19. The standard InChI is InChI=1S/C19H25N5O2/c1-13-20-21-22-23(13)10-9-19(25)24-16-5-6-17(24)12-15(11-16)14-3-7-18(26-2)8-4-14/h3-4,7-8,15-17H,5-6,9-12H2,1-2H3/t15?,16-,17+. The first-order valence-corrected chi connectivity index (χ1v) is 9.33. The molecule has 2 fully saturated rings. The van der Waals surface area contributed by atoms with Gasteiger partial charge in [0.1, 0.15) is 11.6 Å². The highest BCUT2D eigenvalue weighted by Crippen LogP contribution is 2.43. The van der Waals surface area contributed by atoms with Gasteiger partial charge in [0.2, 0.25) is 5.91 Å². The van der Waals surface area contributed by atoms with Gasteiger partial charge in [-0.25, -0.2) is 4.68 Å². The van der Waals surface area contributed by atoms with Crippen molar-refractivity contribution >= 4 is 5.91 Å². The zero-order valence-corrected chi connectivity index (χ0v) is 15.3. The van der Waals surface area contributed by atoms with Gasteiger partial charge < -0.3 is 9.64 Å². The number of hydrogen-bond donors (Lipinski definition) is 0. The van der Waals surface area contributed by atoms with Crippen LogP contribution in [-0.2, 0) is 11.3 Å². The largest absolute Gasteiger partial charge is 0.497 e. The number of aryl methyl sites for hydroxylation is 2. The Balaban J connectivity index is 1.40. The van der Waals surface area contributed by atoms with Crippen LogP contribution in [0.25, 0.3) is 0 Å². The number of carbonyl (C=O) groups excluding carboxylic acids is 1. The van der Waals surface area contributed by atoms with Gasteiger partial charge in [-0.2, -0.15) is 0 Å². The van der Waals surface area contributed by atoms with E-state index in [1.165, 1.54) is 5.56 Å². The molecule has 2 aliphatic rings. The number of carbonyl (C=O) groups is 1. The van der Waals surface area contributed by atoms with E-state index in [0.717, 1.165) is 37.3 Å². The summed E-state index contributed by atoms with van der Waals surface area (Å²) in [5.74, 6) is 2.41. The highest BCUT2D eigenvalue weighted by molar-refractivity contribution is 5.77. The van der Waals surface area contributed by atoms with E-state index in [1.807, 2.05) is 19.1 Å². The first kappa shape index (κ1) is 17.0. The zero-order chi connectivity index (χ0) is 18.1. The summed E-state index contributed by atoms with van der Waals surface area (Å²) in [6.07, 6.45) is 4.81. The Morgan fingerprint density at radius 2 is 1.88 bits per heavy atom. The fraction of sp³-hybridized carbons (Fsp3) is 0.579. The molecular weight excluding hydrogens is 330 g/mol. The molecule has 1 aromatic heterocycles. The van der Waals surface area contributed by atoms with Crippen molar-refractivity contribution in [2.75, 3.05) is 7.11 Å². The Morgan fingerprint density at radius 1 is 1.19 bits per heavy atom. The number of nitrogens with zero attached hydrogens (tertiary/aromatic N) is 5. The average molecular weight is 355 g/mol. The maximum Gasteiger partial charge on any atom is 0.224 e. The molecule has 3 atom stereocenters. The van der Waals surface area contributed by atoms with Crippen molar-refractivity contribution in [1.82, 2.24) is 25.1 Å². The third kappa shape index (κ3) is 3.18. The number of tetrazole rings is 1. The highest BCUT2D eigenvalue weighted by Gasteiger charge is 2.43. The molecular formula is C19H25N5O2. The van der Waals surface area contributed by atoms with Crippen molar-refractivity contribution in [3.63, 3.8) is 0 Å². The molecule has 1 unspecified atom stereocenters. The van der Waals surface area contributed by atoms with Gasteiger partial charge >= 0.3 is 0 Å². The van der Waals surface area contributed by atoms with Crippen molar-refractivity contribution in [3.8, 4) is 5.75 Å². The quantitative estimate of drug-likeness (QED) is 0.823. The SMILES string of the molecule is COc1ccc(C2C[C@H]3CC[C@@H](C2)N3C(=O)CCn2nnnc2C)cc1. The number of benzene rings is 1. The Bertz CT molecular complexity index is 758. The minimum absolute atomic E-state index is 0.237. The molecule has 1 amide bonds. The lowest BCUT2D eigenvalue weighted by Crippen LogP contribution is -2.46. The maximum atomic E-state index is 12.8. The number of piperidine rings is 1. The van der Waals surface area contributed by atoms with E-state index in [4.69, 9.17) is 4.74 Å². The summed E-state index contributed by atoms with van der Waals surface area (Å²) in [6.45, 7) is 2.41. The molecule has 138 valence electrons. The lowest BCUT2D eigenvalue weighted by atomic mass is 9.85. The fourth-order valence-electron chi connectivity index (χ4n) is 4.52. The highest BCUT2D eigenvalue weighted by atomic mass is 16.5. The number of aromatic nitrogens is 4. The smallest absolute Gasteiger partial charge is 0.224 e. The maximum absolute atomic E-state index is 12.8. The molecule has 26 heavy (non-hydrogen) atoms. The second kappa shape index (κ2) is 7.05. The zero-order valence-electron chi connectivity index (χ0n) is 15.3. The summed E-state index contributed by atoms with van der Waals surface area (Å²) in [5, 5.41) is 11.4.